The first-order chi connectivity index (χ1) is 15.5. The zero-order chi connectivity index (χ0) is 24.1. The minimum Gasteiger partial charge on any atom is -1.00 e. The van der Waals surface area contributed by atoms with E-state index < -0.39 is 8.07 Å². The van der Waals surface area contributed by atoms with Gasteiger partial charge in [0.05, 0.1) is 0 Å². The summed E-state index contributed by atoms with van der Waals surface area (Å²) in [6.07, 6.45) is 4.73. The van der Waals surface area contributed by atoms with Crippen LogP contribution in [0.1, 0.15) is 47.2 Å². The van der Waals surface area contributed by atoms with E-state index in [9.17, 15) is 0 Å². The van der Waals surface area contributed by atoms with E-state index in [0.717, 1.165) is 0 Å². The maximum Gasteiger partial charge on any atom is -1.00 e. The monoisotopic (exact) mass is 588 g/mol. The molecule has 0 radical (unpaired) electrons. The van der Waals surface area contributed by atoms with Crippen LogP contribution >= 0.6 is 0 Å². The summed E-state index contributed by atoms with van der Waals surface area (Å²) >= 11 is 2.52. The molecule has 36 heavy (non-hydrogen) atoms. The summed E-state index contributed by atoms with van der Waals surface area (Å²) in [4.78, 5) is 0. The van der Waals surface area contributed by atoms with Crippen molar-refractivity contribution in [1.29, 1.82) is 0 Å². The molecule has 0 bridgehead atoms. The van der Waals surface area contributed by atoms with Gasteiger partial charge in [0.15, 0.2) is 0 Å². The van der Waals surface area contributed by atoms with Gasteiger partial charge < -0.3 is 37.2 Å². The summed E-state index contributed by atoms with van der Waals surface area (Å²) in [5.74, 6) is 0. The molecular weight excluding hydrogens is 555 g/mol. The third kappa shape index (κ3) is 5.39. The smallest absolute Gasteiger partial charge is 1.00 e. The van der Waals surface area contributed by atoms with Crippen LogP contribution in [-0.2, 0) is 20.4 Å². The van der Waals surface area contributed by atoms with Crippen LogP contribution in [0.5, 0.6) is 0 Å². The van der Waals surface area contributed by atoms with Crippen molar-refractivity contribution >= 4 is 23.6 Å². The van der Waals surface area contributed by atoms with Gasteiger partial charge in [0.25, 0.3) is 0 Å². The Labute approximate surface area is 249 Å². The first-order valence-corrected chi connectivity index (χ1v) is 14.6. The fraction of sp³-hybridized carbons (Fsp3) is 0.290. The number of aryl methyl sites for hydroxylation is 6. The Morgan fingerprint density at radius 2 is 0.667 bits per heavy atom. The van der Waals surface area contributed by atoms with Gasteiger partial charge in [-0.3, -0.25) is 0 Å². The maximum atomic E-state index is 2.52. The third-order valence-electron chi connectivity index (χ3n) is 7.29. The molecule has 0 unspecified atom stereocenters. The second-order valence-electron chi connectivity index (χ2n) is 10.3. The van der Waals surface area contributed by atoms with E-state index in [2.05, 4.69) is 143 Å². The van der Waals surface area contributed by atoms with Gasteiger partial charge >= 0.3 is 214 Å². The Hall–Kier alpha value is -1.06. The summed E-state index contributed by atoms with van der Waals surface area (Å²) in [6, 6.07) is 21.8. The molecule has 0 heterocycles. The van der Waals surface area contributed by atoms with E-state index in [4.69, 9.17) is 0 Å². The standard InChI is InChI=1S/C31H35Si.3ClH.Ti/c1-20-11-21(2)15-28(14-20)32(31-26(7)9-10-27(31)8,29-16-22(3)12-23(4)17-29)30-18-24(5)13-25(6)19-30;;;;/h9-19H,1-8H3;3*1H;/q;;;;+3/p-3. The molecule has 0 aliphatic heterocycles. The molecule has 0 N–H and O–H groups in total. The number of allylic oxidation sites excluding steroid dienone is 4. The van der Waals surface area contributed by atoms with Crippen molar-refractivity contribution in [3.8, 4) is 0 Å². The predicted molar refractivity (Wildman–Crippen MR) is 143 cm³/mol. The van der Waals surface area contributed by atoms with Crippen LogP contribution in [0.25, 0.3) is 0 Å². The van der Waals surface area contributed by atoms with E-state index in [1.54, 1.807) is 0 Å². The van der Waals surface area contributed by atoms with Gasteiger partial charge in [-0.05, 0) is 0 Å². The first-order valence-electron chi connectivity index (χ1n) is 11.9. The minimum absolute atomic E-state index is 0. The number of rotatable bonds is 4. The van der Waals surface area contributed by atoms with Crippen LogP contribution < -0.4 is 52.8 Å². The molecule has 0 atom stereocenters. The molecule has 0 fully saturated rings. The van der Waals surface area contributed by atoms with Gasteiger partial charge in [-0.15, -0.1) is 0 Å². The predicted octanol–water partition coefficient (Wildman–Crippen LogP) is -2.83. The first kappa shape index (κ1) is 33.0. The van der Waals surface area contributed by atoms with E-state index in [1.165, 1.54) is 60.1 Å². The average Bonchev–Trinajstić information content (AvgIpc) is 2.94. The van der Waals surface area contributed by atoms with E-state index in [1.807, 2.05) is 0 Å². The number of benzene rings is 3. The topological polar surface area (TPSA) is 0 Å². The molecule has 188 valence electrons. The van der Waals surface area contributed by atoms with Crippen molar-refractivity contribution < 1.29 is 57.7 Å². The van der Waals surface area contributed by atoms with Crippen LogP contribution in [0.15, 0.2) is 77.9 Å². The Balaban J connectivity index is 0.00000216. The number of hydrogen-bond donors (Lipinski definition) is 0. The fourth-order valence-electron chi connectivity index (χ4n) is 6.13. The van der Waals surface area contributed by atoms with Gasteiger partial charge in [-0.1, -0.05) is 0 Å². The molecule has 3 aromatic carbocycles. The van der Waals surface area contributed by atoms with Gasteiger partial charge in [0, 0.05) is 0 Å². The molecule has 0 aromatic heterocycles. The second kappa shape index (κ2) is 12.2. The van der Waals surface area contributed by atoms with Gasteiger partial charge in [-0.25, -0.2) is 0 Å². The summed E-state index contributed by atoms with van der Waals surface area (Å²) in [6.45, 7) is 18.2. The summed E-state index contributed by atoms with van der Waals surface area (Å²) in [5.41, 5.74) is 11.0. The molecule has 0 nitrogen and oxygen atoms in total. The Morgan fingerprint density at radius 1 is 0.444 bits per heavy atom. The Kier molecular flexibility index (Phi) is 11.2. The van der Waals surface area contributed by atoms with Crippen molar-refractivity contribution in [2.24, 2.45) is 0 Å². The van der Waals surface area contributed by atoms with Crippen LogP contribution in [0.4, 0.5) is 0 Å². The van der Waals surface area contributed by atoms with Crippen molar-refractivity contribution in [3.63, 3.8) is 0 Å². The quantitative estimate of drug-likeness (QED) is 0.228. The Bertz CT molecular complexity index is 1120. The maximum absolute atomic E-state index is 2.57. The molecule has 0 saturated carbocycles. The normalized spacial score (nSPS) is 14.2. The van der Waals surface area contributed by atoms with Crippen molar-refractivity contribution in [2.45, 2.75) is 58.7 Å². The number of hydrogen-bond acceptors (Lipinski definition) is 0. The van der Waals surface area contributed by atoms with E-state index in [0.29, 0.717) is 0 Å². The molecule has 1 aliphatic carbocycles. The minimum atomic E-state index is -2.57. The van der Waals surface area contributed by atoms with Crippen LogP contribution in [0, 0.1) is 41.5 Å². The molecule has 1 aliphatic rings. The van der Waals surface area contributed by atoms with Gasteiger partial charge in [0.2, 0.25) is 0 Å². The molecule has 3 aromatic rings. The van der Waals surface area contributed by atoms with Gasteiger partial charge in [0.1, 0.15) is 0 Å². The third-order valence-corrected chi connectivity index (χ3v) is 15.7. The summed E-state index contributed by atoms with van der Waals surface area (Å²) in [7, 11) is -2.57. The molecule has 5 heteroatoms. The summed E-state index contributed by atoms with van der Waals surface area (Å²) < 4.78 is -0.0479. The molecule has 0 spiro atoms. The SMILES string of the molecule is CC1=CC=C(C)[C]1([Ti+3])[Si](c1cc(C)cc(C)c1)(c1cc(C)cc(C)c1)c1cc(C)cc(C)c1.[Cl-].[Cl-].[Cl-]. The second-order valence-corrected chi connectivity index (χ2v) is 16.3. The molecular formula is C31H35Cl3SiTi. The zero-order valence-corrected chi connectivity index (χ0v) is 27.3. The molecule has 4 rings (SSSR count). The van der Waals surface area contributed by atoms with E-state index >= 15 is 0 Å². The van der Waals surface area contributed by atoms with Crippen molar-refractivity contribution in [3.05, 3.63) is 111 Å². The molecule has 0 amide bonds. The van der Waals surface area contributed by atoms with Crippen LogP contribution in [0.3, 0.4) is 0 Å². The zero-order valence-electron chi connectivity index (χ0n) is 22.5. The number of halogens is 3. The Morgan fingerprint density at radius 3 is 0.889 bits per heavy atom. The van der Waals surface area contributed by atoms with E-state index in [-0.39, 0.29) is 40.6 Å². The van der Waals surface area contributed by atoms with Crippen LogP contribution in [-0.4, -0.2) is 8.07 Å². The fourth-order valence-corrected chi connectivity index (χ4v) is 14.7. The largest absolute Gasteiger partial charge is 1.00 e. The summed E-state index contributed by atoms with van der Waals surface area (Å²) in [5, 5.41) is 4.54. The van der Waals surface area contributed by atoms with Crippen molar-refractivity contribution in [1.82, 2.24) is 0 Å². The average molecular weight is 590 g/mol. The van der Waals surface area contributed by atoms with Gasteiger partial charge in [-0.2, -0.15) is 0 Å². The molecule has 0 saturated heterocycles. The van der Waals surface area contributed by atoms with Crippen LogP contribution in [0.2, 0.25) is 3.34 Å². The van der Waals surface area contributed by atoms with Crippen molar-refractivity contribution in [2.75, 3.05) is 0 Å².